The molecule has 0 bridgehead atoms. The van der Waals surface area contributed by atoms with E-state index in [0.29, 0.717) is 11.3 Å². The van der Waals surface area contributed by atoms with Gasteiger partial charge in [0.1, 0.15) is 11.4 Å². The summed E-state index contributed by atoms with van der Waals surface area (Å²) in [7, 11) is 1.40. The number of aliphatic imine (C=N–C) groups is 1. The molecule has 2 aromatic carbocycles. The highest BCUT2D eigenvalue weighted by molar-refractivity contribution is 9.10. The van der Waals surface area contributed by atoms with E-state index in [1.54, 1.807) is 0 Å². The lowest BCUT2D eigenvalue weighted by Crippen LogP contribution is -2.14. The Labute approximate surface area is 152 Å². The van der Waals surface area contributed by atoms with E-state index in [-0.39, 0.29) is 23.1 Å². The number of fused-ring (bicyclic) bond motifs is 1. The predicted molar refractivity (Wildman–Crippen MR) is 98.0 cm³/mol. The van der Waals surface area contributed by atoms with Crippen molar-refractivity contribution in [1.29, 1.82) is 0 Å². The van der Waals surface area contributed by atoms with Crippen molar-refractivity contribution in [2.45, 2.75) is 13.3 Å². The predicted octanol–water partition coefficient (Wildman–Crippen LogP) is 4.00. The number of benzene rings is 2. The largest absolute Gasteiger partial charge is 0.494 e. The molecule has 0 aromatic heterocycles. The second kappa shape index (κ2) is 6.64. The number of nitro benzene ring substituents is 1. The highest BCUT2D eigenvalue weighted by Gasteiger charge is 2.29. The lowest BCUT2D eigenvalue weighted by atomic mass is 10.0. The fourth-order valence-electron chi connectivity index (χ4n) is 2.68. The Morgan fingerprint density at radius 1 is 1.32 bits per heavy atom. The molecule has 1 heterocycles. The van der Waals surface area contributed by atoms with Gasteiger partial charge in [0.05, 0.1) is 23.8 Å². The van der Waals surface area contributed by atoms with E-state index < -0.39 is 4.92 Å². The summed E-state index contributed by atoms with van der Waals surface area (Å²) in [5.41, 5.74) is 2.93. The molecular weight excluding hydrogens is 390 g/mol. The van der Waals surface area contributed by atoms with Crippen molar-refractivity contribution >= 4 is 44.6 Å². The topological polar surface area (TPSA) is 93.8 Å². The number of carbonyl (C=O) groups is 1. The summed E-state index contributed by atoms with van der Waals surface area (Å²) in [6.45, 7) is 2.00. The maximum Gasteiger partial charge on any atom is 0.275 e. The van der Waals surface area contributed by atoms with E-state index in [1.807, 2.05) is 19.1 Å². The van der Waals surface area contributed by atoms with Crippen LogP contribution in [0.4, 0.5) is 17.1 Å². The number of nitrogens with one attached hydrogen (secondary N) is 1. The number of ether oxygens (including phenoxy) is 1. The van der Waals surface area contributed by atoms with E-state index in [1.165, 1.54) is 25.3 Å². The molecule has 2 aromatic rings. The number of anilines is 1. The number of halogens is 1. The standard InChI is InChI=1S/C17H14BrN3O4/c1-3-9-6-10(18)7-12-15(9)20-17(22)16(12)19-13-5-4-11(21(23)24)8-14(13)25-2/h4-8H,3H2,1-2H3,(H,19,20,22). The van der Waals surface area contributed by atoms with Gasteiger partial charge >= 0.3 is 0 Å². The number of nitro groups is 1. The summed E-state index contributed by atoms with van der Waals surface area (Å²) in [5, 5.41) is 13.7. The normalized spacial score (nSPS) is 14.4. The molecule has 0 saturated heterocycles. The van der Waals surface area contributed by atoms with E-state index in [0.717, 1.165) is 22.1 Å². The van der Waals surface area contributed by atoms with Gasteiger partial charge in [-0.25, -0.2) is 4.99 Å². The first-order valence-electron chi connectivity index (χ1n) is 7.49. The number of amides is 1. The van der Waals surface area contributed by atoms with Crippen LogP contribution in [-0.2, 0) is 11.2 Å². The van der Waals surface area contributed by atoms with Gasteiger partial charge in [-0.1, -0.05) is 22.9 Å². The summed E-state index contributed by atoms with van der Waals surface area (Å²) in [5.74, 6) is -0.0862. The van der Waals surface area contributed by atoms with Crippen LogP contribution in [0.2, 0.25) is 0 Å². The molecule has 128 valence electrons. The van der Waals surface area contributed by atoms with Gasteiger partial charge < -0.3 is 10.1 Å². The maximum atomic E-state index is 12.4. The molecule has 0 spiro atoms. The molecular formula is C17H14BrN3O4. The monoisotopic (exact) mass is 403 g/mol. The van der Waals surface area contributed by atoms with Crippen molar-refractivity contribution in [3.8, 4) is 5.75 Å². The number of rotatable bonds is 4. The molecule has 0 aliphatic carbocycles. The van der Waals surface area contributed by atoms with E-state index >= 15 is 0 Å². The van der Waals surface area contributed by atoms with Gasteiger partial charge in [-0.05, 0) is 30.2 Å². The highest BCUT2D eigenvalue weighted by atomic mass is 79.9. The van der Waals surface area contributed by atoms with Crippen LogP contribution in [0, 0.1) is 10.1 Å². The summed E-state index contributed by atoms with van der Waals surface area (Å²) < 4.78 is 6.04. The van der Waals surface area contributed by atoms with Crippen molar-refractivity contribution in [2.75, 3.05) is 12.4 Å². The molecule has 0 atom stereocenters. The smallest absolute Gasteiger partial charge is 0.275 e. The Hall–Kier alpha value is -2.74. The fraction of sp³-hybridized carbons (Fsp3) is 0.176. The summed E-state index contributed by atoms with van der Waals surface area (Å²) >= 11 is 3.45. The number of hydrogen-bond acceptors (Lipinski definition) is 5. The minimum atomic E-state index is -0.512. The minimum absolute atomic E-state index is 0.104. The number of hydrogen-bond donors (Lipinski definition) is 1. The third-order valence-electron chi connectivity index (χ3n) is 3.88. The van der Waals surface area contributed by atoms with E-state index in [9.17, 15) is 14.9 Å². The summed E-state index contributed by atoms with van der Waals surface area (Å²) in [6.07, 6.45) is 0.760. The highest BCUT2D eigenvalue weighted by Crippen LogP contribution is 2.36. The number of non-ortho nitro benzene ring substituents is 1. The average Bonchev–Trinajstić information content (AvgIpc) is 2.90. The molecule has 0 unspecified atom stereocenters. The Kier molecular flexibility index (Phi) is 4.54. The van der Waals surface area contributed by atoms with Crippen LogP contribution in [0.5, 0.6) is 5.75 Å². The zero-order valence-electron chi connectivity index (χ0n) is 13.5. The average molecular weight is 404 g/mol. The lowest BCUT2D eigenvalue weighted by molar-refractivity contribution is -0.384. The fourth-order valence-corrected chi connectivity index (χ4v) is 3.18. The van der Waals surface area contributed by atoms with Gasteiger partial charge in [-0.3, -0.25) is 14.9 Å². The van der Waals surface area contributed by atoms with Gasteiger partial charge in [0.25, 0.3) is 11.6 Å². The van der Waals surface area contributed by atoms with Gasteiger partial charge in [-0.2, -0.15) is 0 Å². The van der Waals surface area contributed by atoms with Crippen LogP contribution < -0.4 is 10.1 Å². The van der Waals surface area contributed by atoms with Gasteiger partial charge in [-0.15, -0.1) is 0 Å². The third-order valence-corrected chi connectivity index (χ3v) is 4.34. The molecule has 7 nitrogen and oxygen atoms in total. The van der Waals surface area contributed by atoms with Crippen molar-refractivity contribution in [2.24, 2.45) is 4.99 Å². The first-order chi connectivity index (χ1) is 11.9. The zero-order valence-corrected chi connectivity index (χ0v) is 15.1. The molecule has 0 radical (unpaired) electrons. The molecule has 25 heavy (non-hydrogen) atoms. The Balaban J connectivity index is 2.14. The molecule has 8 heteroatoms. The third kappa shape index (κ3) is 3.12. The number of aryl methyl sites for hydroxylation is 1. The van der Waals surface area contributed by atoms with Crippen LogP contribution in [0.3, 0.4) is 0 Å². The quantitative estimate of drug-likeness (QED) is 0.616. The number of methoxy groups -OCH3 is 1. The second-order valence-corrected chi connectivity index (χ2v) is 6.28. The van der Waals surface area contributed by atoms with Gasteiger partial charge in [0.2, 0.25) is 0 Å². The molecule has 1 N–H and O–H groups in total. The van der Waals surface area contributed by atoms with Crippen molar-refractivity contribution in [3.63, 3.8) is 0 Å². The molecule has 1 amide bonds. The number of carbonyl (C=O) groups excluding carboxylic acids is 1. The first-order valence-corrected chi connectivity index (χ1v) is 8.29. The van der Waals surface area contributed by atoms with Crippen molar-refractivity contribution in [3.05, 3.63) is 56.0 Å². The molecule has 1 aliphatic heterocycles. The van der Waals surface area contributed by atoms with Crippen molar-refractivity contribution < 1.29 is 14.5 Å². The van der Waals surface area contributed by atoms with Crippen molar-refractivity contribution in [1.82, 2.24) is 0 Å². The second-order valence-electron chi connectivity index (χ2n) is 5.37. The van der Waals surface area contributed by atoms with Crippen LogP contribution in [0.1, 0.15) is 18.1 Å². The summed E-state index contributed by atoms with van der Waals surface area (Å²) in [6, 6.07) is 7.85. The molecule has 3 rings (SSSR count). The SMILES string of the molecule is CCc1cc(Br)cc2c1NC(=O)C2=Nc1ccc([N+](=O)[O-])cc1OC. The minimum Gasteiger partial charge on any atom is -0.494 e. The Morgan fingerprint density at radius 2 is 2.08 bits per heavy atom. The van der Waals surface area contributed by atoms with Gasteiger partial charge in [0, 0.05) is 16.1 Å². The Morgan fingerprint density at radius 3 is 2.72 bits per heavy atom. The Bertz CT molecular complexity index is 924. The van der Waals surface area contributed by atoms with Gasteiger partial charge in [0.15, 0.2) is 5.75 Å². The number of nitrogens with zero attached hydrogens (tertiary/aromatic N) is 2. The summed E-state index contributed by atoms with van der Waals surface area (Å²) in [4.78, 5) is 27.2. The maximum absolute atomic E-state index is 12.4. The van der Waals surface area contributed by atoms with E-state index in [2.05, 4.69) is 26.2 Å². The molecule has 0 saturated carbocycles. The van der Waals surface area contributed by atoms with E-state index in [4.69, 9.17) is 4.74 Å². The van der Waals surface area contributed by atoms with Crippen LogP contribution in [-0.4, -0.2) is 23.7 Å². The van der Waals surface area contributed by atoms with Crippen LogP contribution >= 0.6 is 15.9 Å². The van der Waals surface area contributed by atoms with Crippen LogP contribution in [0.25, 0.3) is 0 Å². The first kappa shape index (κ1) is 17.1. The molecule has 1 aliphatic rings. The zero-order chi connectivity index (χ0) is 18.1. The van der Waals surface area contributed by atoms with Crippen LogP contribution in [0.15, 0.2) is 39.8 Å². The lowest BCUT2D eigenvalue weighted by Gasteiger charge is -2.07. The molecule has 0 fully saturated rings.